The summed E-state index contributed by atoms with van der Waals surface area (Å²) in [5.41, 5.74) is 3.17. The number of hydrogen-bond acceptors (Lipinski definition) is 8. The molecule has 206 valence electrons. The Balaban J connectivity index is 1.93. The average Bonchev–Trinajstić information content (AvgIpc) is 3.20. The van der Waals surface area contributed by atoms with E-state index in [4.69, 9.17) is 14.2 Å². The minimum Gasteiger partial charge on any atom is -0.493 e. The summed E-state index contributed by atoms with van der Waals surface area (Å²) in [5.74, 6) is 0.786. The topological polar surface area (TPSA) is 82.4 Å². The van der Waals surface area contributed by atoms with E-state index < -0.39 is 12.0 Å². The molecule has 0 spiro atoms. The average molecular weight is 615 g/mol. The lowest BCUT2D eigenvalue weighted by atomic mass is 9.95. The van der Waals surface area contributed by atoms with Gasteiger partial charge in [0.2, 0.25) is 0 Å². The summed E-state index contributed by atoms with van der Waals surface area (Å²) in [5, 5.41) is 0. The van der Waals surface area contributed by atoms with Crippen molar-refractivity contribution in [1.29, 1.82) is 0 Å². The Morgan fingerprint density at radius 2 is 1.74 bits per heavy atom. The lowest BCUT2D eigenvalue weighted by Crippen LogP contribution is -2.40. The van der Waals surface area contributed by atoms with Crippen molar-refractivity contribution in [2.24, 2.45) is 4.99 Å². The minimum atomic E-state index is -0.669. The molecule has 3 aromatic rings. The number of carbonyl (C=O) groups excluding carboxylic acids is 1. The number of fused-ring (bicyclic) bond motifs is 1. The van der Waals surface area contributed by atoms with Crippen LogP contribution in [0.2, 0.25) is 0 Å². The van der Waals surface area contributed by atoms with E-state index in [2.05, 4.69) is 20.9 Å². The van der Waals surface area contributed by atoms with Crippen molar-refractivity contribution in [1.82, 2.24) is 4.57 Å². The van der Waals surface area contributed by atoms with Gasteiger partial charge in [-0.1, -0.05) is 23.5 Å². The number of allylic oxidation sites excluding steroid dienone is 1. The van der Waals surface area contributed by atoms with Crippen LogP contribution in [0.5, 0.6) is 11.5 Å². The molecule has 0 aliphatic carbocycles. The van der Waals surface area contributed by atoms with Gasteiger partial charge in [-0.25, -0.2) is 9.79 Å². The van der Waals surface area contributed by atoms with Gasteiger partial charge >= 0.3 is 5.97 Å². The molecule has 0 saturated carbocycles. The molecule has 0 fully saturated rings. The first-order valence-electron chi connectivity index (χ1n) is 12.8. The number of aromatic nitrogens is 1. The van der Waals surface area contributed by atoms with E-state index in [0.717, 1.165) is 21.3 Å². The van der Waals surface area contributed by atoms with Gasteiger partial charge < -0.3 is 19.1 Å². The monoisotopic (exact) mass is 613 g/mol. The highest BCUT2D eigenvalue weighted by molar-refractivity contribution is 9.10. The Morgan fingerprint density at radius 1 is 1.08 bits per heavy atom. The molecule has 1 aliphatic rings. The largest absolute Gasteiger partial charge is 0.493 e. The second-order valence-electron chi connectivity index (χ2n) is 8.97. The minimum absolute atomic E-state index is 0.221. The van der Waals surface area contributed by atoms with Crippen LogP contribution in [0.15, 0.2) is 61.9 Å². The van der Waals surface area contributed by atoms with Crippen molar-refractivity contribution in [2.45, 2.75) is 33.7 Å². The van der Waals surface area contributed by atoms with Gasteiger partial charge in [0.15, 0.2) is 4.80 Å². The zero-order chi connectivity index (χ0) is 28.3. The predicted molar refractivity (Wildman–Crippen MR) is 158 cm³/mol. The van der Waals surface area contributed by atoms with E-state index >= 15 is 0 Å². The fourth-order valence-corrected chi connectivity index (χ4v) is 5.93. The number of ether oxygens (including phenoxy) is 3. The molecule has 0 bridgehead atoms. The number of benzene rings is 2. The molecule has 2 heterocycles. The van der Waals surface area contributed by atoms with E-state index in [1.165, 1.54) is 11.3 Å². The molecule has 1 aliphatic heterocycles. The highest BCUT2D eigenvalue weighted by atomic mass is 79.9. The van der Waals surface area contributed by atoms with Gasteiger partial charge in [0.05, 0.1) is 46.1 Å². The van der Waals surface area contributed by atoms with Gasteiger partial charge in [-0.3, -0.25) is 9.36 Å². The first kappa shape index (κ1) is 28.6. The van der Waals surface area contributed by atoms with E-state index in [1.54, 1.807) is 24.5 Å². The maximum atomic E-state index is 14.0. The number of halogens is 1. The van der Waals surface area contributed by atoms with Crippen molar-refractivity contribution >= 4 is 45.0 Å². The summed E-state index contributed by atoms with van der Waals surface area (Å²) < 4.78 is 19.8. The first-order valence-corrected chi connectivity index (χ1v) is 14.4. The first-order chi connectivity index (χ1) is 18.7. The number of rotatable bonds is 9. The molecular weight excluding hydrogens is 582 g/mol. The normalized spacial score (nSPS) is 15.1. The van der Waals surface area contributed by atoms with Crippen LogP contribution in [0.3, 0.4) is 0 Å². The van der Waals surface area contributed by atoms with Gasteiger partial charge in [0, 0.05) is 31.4 Å². The van der Waals surface area contributed by atoms with E-state index in [0.29, 0.717) is 45.3 Å². The summed E-state index contributed by atoms with van der Waals surface area (Å²) in [6, 6.07) is 10.8. The second-order valence-corrected chi connectivity index (χ2v) is 10.8. The van der Waals surface area contributed by atoms with Crippen molar-refractivity contribution < 1.29 is 19.0 Å². The zero-order valence-corrected chi connectivity index (χ0v) is 25.3. The number of carbonyl (C=O) groups is 1. The van der Waals surface area contributed by atoms with Crippen LogP contribution in [0.1, 0.15) is 44.9 Å². The molecule has 1 aromatic heterocycles. The SMILES string of the molecule is CCOC(=O)C1=C(C)N=c2s/c(=C\c3cc(Br)c(OCC)cc3OCC)c(=O)n2[C@@H]1c1ccc(N(C)C)cc1. The third-order valence-electron chi connectivity index (χ3n) is 6.19. The highest BCUT2D eigenvalue weighted by Gasteiger charge is 2.33. The zero-order valence-electron chi connectivity index (χ0n) is 22.9. The van der Waals surface area contributed by atoms with Crippen LogP contribution in [0.4, 0.5) is 5.69 Å². The van der Waals surface area contributed by atoms with Crippen molar-refractivity contribution in [3.63, 3.8) is 0 Å². The molecule has 4 rings (SSSR count). The predicted octanol–water partition coefficient (Wildman–Crippen LogP) is 4.42. The Bertz CT molecular complexity index is 1590. The summed E-state index contributed by atoms with van der Waals surface area (Å²) >= 11 is 4.84. The lowest BCUT2D eigenvalue weighted by Gasteiger charge is -2.25. The number of hydrogen-bond donors (Lipinski definition) is 0. The van der Waals surface area contributed by atoms with Crippen molar-refractivity contribution in [3.05, 3.63) is 83.0 Å². The van der Waals surface area contributed by atoms with Gasteiger partial charge in [0.1, 0.15) is 11.5 Å². The smallest absolute Gasteiger partial charge is 0.338 e. The fourth-order valence-electron chi connectivity index (χ4n) is 4.41. The Hall–Kier alpha value is -3.37. The molecule has 1 atom stereocenters. The molecule has 8 nitrogen and oxygen atoms in total. The molecular formula is C29H32BrN3O5S. The number of esters is 1. The molecule has 0 saturated heterocycles. The van der Waals surface area contributed by atoms with Crippen LogP contribution in [0, 0.1) is 0 Å². The molecule has 10 heteroatoms. The van der Waals surface area contributed by atoms with E-state index in [9.17, 15) is 9.59 Å². The molecule has 2 aromatic carbocycles. The molecule has 39 heavy (non-hydrogen) atoms. The number of nitrogens with zero attached hydrogens (tertiary/aromatic N) is 3. The third-order valence-corrected chi connectivity index (χ3v) is 7.80. The van der Waals surface area contributed by atoms with Crippen molar-refractivity contribution in [3.8, 4) is 11.5 Å². The third kappa shape index (κ3) is 5.81. The Kier molecular flexibility index (Phi) is 8.97. The van der Waals surface area contributed by atoms with Crippen LogP contribution < -0.4 is 29.3 Å². The quantitative estimate of drug-likeness (QED) is 0.332. The molecule has 0 radical (unpaired) electrons. The van der Waals surface area contributed by atoms with Crippen LogP contribution in [-0.4, -0.2) is 44.5 Å². The molecule has 0 N–H and O–H groups in total. The summed E-state index contributed by atoms with van der Waals surface area (Å²) in [6.45, 7) is 8.55. The van der Waals surface area contributed by atoms with E-state index in [-0.39, 0.29) is 12.2 Å². The Labute approximate surface area is 240 Å². The maximum absolute atomic E-state index is 14.0. The second kappa shape index (κ2) is 12.2. The van der Waals surface area contributed by atoms with Gasteiger partial charge in [-0.2, -0.15) is 0 Å². The van der Waals surface area contributed by atoms with Gasteiger partial charge in [0.25, 0.3) is 5.56 Å². The Morgan fingerprint density at radius 3 is 2.36 bits per heavy atom. The van der Waals surface area contributed by atoms with Crippen LogP contribution in [-0.2, 0) is 9.53 Å². The van der Waals surface area contributed by atoms with Crippen LogP contribution >= 0.6 is 27.3 Å². The standard InChI is InChI=1S/C29H32BrN3O5S/c1-7-36-22-16-23(37-8-2)21(30)14-19(22)15-24-27(34)33-26(18-10-12-20(13-11-18)32(5)6)25(28(35)38-9-3)17(4)31-29(33)39-24/h10-16,26H,7-9H2,1-6H3/b24-15-/t26-/m1/s1. The molecule has 0 amide bonds. The molecule has 0 unspecified atom stereocenters. The summed E-state index contributed by atoms with van der Waals surface area (Å²) in [7, 11) is 3.92. The fraction of sp³-hybridized carbons (Fsp3) is 0.345. The lowest BCUT2D eigenvalue weighted by molar-refractivity contribution is -0.139. The summed E-state index contributed by atoms with van der Waals surface area (Å²) in [4.78, 5) is 34.2. The van der Waals surface area contributed by atoms with Crippen LogP contribution in [0.25, 0.3) is 6.08 Å². The van der Waals surface area contributed by atoms with Gasteiger partial charge in [-0.05, 0) is 73.5 Å². The maximum Gasteiger partial charge on any atom is 0.338 e. The van der Waals surface area contributed by atoms with Crippen molar-refractivity contribution in [2.75, 3.05) is 38.8 Å². The summed E-state index contributed by atoms with van der Waals surface area (Å²) in [6.07, 6.45) is 1.80. The van der Waals surface area contributed by atoms with E-state index in [1.807, 2.05) is 69.2 Å². The highest BCUT2D eigenvalue weighted by Crippen LogP contribution is 2.34. The number of anilines is 1. The van der Waals surface area contributed by atoms with Gasteiger partial charge in [-0.15, -0.1) is 0 Å². The number of thiazole rings is 1.